The van der Waals surface area contributed by atoms with Gasteiger partial charge in [-0.1, -0.05) is 48.0 Å². The first-order valence-corrected chi connectivity index (χ1v) is 6.05. The summed E-state index contributed by atoms with van der Waals surface area (Å²) < 4.78 is 5.23. The Morgan fingerprint density at radius 3 is 2.56 bits per heavy atom. The van der Waals surface area contributed by atoms with Gasteiger partial charge in [-0.3, -0.25) is 4.79 Å². The summed E-state index contributed by atoms with van der Waals surface area (Å²) in [5.41, 5.74) is 2.38. The number of para-hydroxylation sites is 1. The van der Waals surface area contributed by atoms with Gasteiger partial charge in [0, 0.05) is 6.42 Å². The molecule has 2 aromatic rings. The molecule has 0 heterocycles. The molecule has 0 amide bonds. The van der Waals surface area contributed by atoms with Gasteiger partial charge in [0.05, 0.1) is 0 Å². The van der Waals surface area contributed by atoms with Crippen molar-refractivity contribution in [1.29, 1.82) is 0 Å². The number of carbonyl (C=O) groups is 1. The van der Waals surface area contributed by atoms with E-state index in [9.17, 15) is 4.79 Å². The first-order valence-electron chi connectivity index (χ1n) is 6.05. The van der Waals surface area contributed by atoms with Crippen molar-refractivity contribution < 1.29 is 9.53 Å². The molecule has 0 N–H and O–H groups in total. The van der Waals surface area contributed by atoms with E-state index in [1.807, 2.05) is 43.3 Å². The number of ether oxygens (including phenoxy) is 1. The number of carbonyl (C=O) groups excluding carboxylic acids is 1. The van der Waals surface area contributed by atoms with Crippen molar-refractivity contribution in [3.05, 3.63) is 65.7 Å². The second-order valence-corrected chi connectivity index (χ2v) is 4.28. The van der Waals surface area contributed by atoms with Gasteiger partial charge in [0.2, 0.25) is 0 Å². The highest BCUT2D eigenvalue weighted by Gasteiger charge is 2.05. The van der Waals surface area contributed by atoms with Gasteiger partial charge in [0.15, 0.2) is 0 Å². The number of hydrogen-bond acceptors (Lipinski definition) is 2. The molecule has 2 heteroatoms. The van der Waals surface area contributed by atoms with Gasteiger partial charge in [-0.05, 0) is 31.0 Å². The van der Waals surface area contributed by atoms with E-state index in [1.165, 1.54) is 11.1 Å². The lowest BCUT2D eigenvalue weighted by molar-refractivity contribution is -0.134. The van der Waals surface area contributed by atoms with Crippen LogP contribution in [0, 0.1) is 6.92 Å². The topological polar surface area (TPSA) is 26.3 Å². The first kappa shape index (κ1) is 12.4. The summed E-state index contributed by atoms with van der Waals surface area (Å²) in [7, 11) is 0. The Bertz CT molecular complexity index is 518. The van der Waals surface area contributed by atoms with E-state index in [4.69, 9.17) is 4.74 Å². The van der Waals surface area contributed by atoms with E-state index in [0.717, 1.165) is 0 Å². The van der Waals surface area contributed by atoms with Crippen LogP contribution >= 0.6 is 0 Å². The Hall–Kier alpha value is -2.09. The number of aryl methyl sites for hydroxylation is 2. The van der Waals surface area contributed by atoms with Crippen molar-refractivity contribution in [3.63, 3.8) is 0 Å². The minimum absolute atomic E-state index is 0.192. The molecular weight excluding hydrogens is 224 g/mol. The summed E-state index contributed by atoms with van der Waals surface area (Å²) in [6.07, 6.45) is 1.12. The van der Waals surface area contributed by atoms with Gasteiger partial charge in [-0.15, -0.1) is 0 Å². The first-order chi connectivity index (χ1) is 8.74. The molecule has 2 aromatic carbocycles. The molecule has 2 nitrogen and oxygen atoms in total. The number of rotatable bonds is 4. The fraction of sp³-hybridized carbons (Fsp3) is 0.188. The van der Waals surface area contributed by atoms with Crippen LogP contribution in [-0.4, -0.2) is 5.97 Å². The van der Waals surface area contributed by atoms with E-state index in [-0.39, 0.29) is 5.97 Å². The zero-order chi connectivity index (χ0) is 12.8. The molecule has 2 rings (SSSR count). The largest absolute Gasteiger partial charge is 0.427 e. The molecule has 0 fully saturated rings. The zero-order valence-electron chi connectivity index (χ0n) is 10.4. The van der Waals surface area contributed by atoms with Gasteiger partial charge in [-0.2, -0.15) is 0 Å². The second-order valence-electron chi connectivity index (χ2n) is 4.28. The normalized spacial score (nSPS) is 10.1. The Kier molecular flexibility index (Phi) is 4.13. The average molecular weight is 240 g/mol. The molecule has 0 aliphatic carbocycles. The Morgan fingerprint density at radius 2 is 1.83 bits per heavy atom. The van der Waals surface area contributed by atoms with Gasteiger partial charge in [-0.25, -0.2) is 0 Å². The molecule has 0 bridgehead atoms. The molecule has 0 aliphatic rings. The lowest BCUT2D eigenvalue weighted by Gasteiger charge is -2.04. The van der Waals surface area contributed by atoms with Crippen molar-refractivity contribution in [2.45, 2.75) is 19.8 Å². The van der Waals surface area contributed by atoms with E-state index in [1.54, 1.807) is 12.1 Å². The van der Waals surface area contributed by atoms with Crippen molar-refractivity contribution in [2.24, 2.45) is 0 Å². The fourth-order valence-corrected chi connectivity index (χ4v) is 1.79. The highest BCUT2D eigenvalue weighted by atomic mass is 16.5. The monoisotopic (exact) mass is 240 g/mol. The molecule has 0 saturated carbocycles. The van der Waals surface area contributed by atoms with Gasteiger partial charge in [0.25, 0.3) is 0 Å². The van der Waals surface area contributed by atoms with Crippen LogP contribution in [0.4, 0.5) is 0 Å². The SMILES string of the molecule is Cc1cccc(CCC(=O)Oc2ccccc2)c1. The highest BCUT2D eigenvalue weighted by Crippen LogP contribution is 2.11. The van der Waals surface area contributed by atoms with Gasteiger partial charge in [0.1, 0.15) is 5.75 Å². The summed E-state index contributed by atoms with van der Waals surface area (Å²) in [6, 6.07) is 17.3. The molecular formula is C16H16O2. The summed E-state index contributed by atoms with van der Waals surface area (Å²) >= 11 is 0. The molecule has 0 radical (unpaired) electrons. The maximum absolute atomic E-state index is 11.6. The molecule has 0 unspecified atom stereocenters. The van der Waals surface area contributed by atoms with Crippen LogP contribution in [0.2, 0.25) is 0 Å². The van der Waals surface area contributed by atoms with E-state index in [0.29, 0.717) is 18.6 Å². The highest BCUT2D eigenvalue weighted by molar-refractivity contribution is 5.72. The number of esters is 1. The summed E-state index contributed by atoms with van der Waals surface area (Å²) in [5.74, 6) is 0.412. The van der Waals surface area contributed by atoms with Gasteiger partial charge < -0.3 is 4.74 Å². The second kappa shape index (κ2) is 6.01. The number of hydrogen-bond donors (Lipinski definition) is 0. The molecule has 0 aromatic heterocycles. The van der Waals surface area contributed by atoms with Crippen LogP contribution in [0.1, 0.15) is 17.5 Å². The maximum Gasteiger partial charge on any atom is 0.311 e. The standard InChI is InChI=1S/C16H16O2/c1-13-6-5-7-14(12-13)10-11-16(17)18-15-8-3-2-4-9-15/h2-9,12H,10-11H2,1H3. The van der Waals surface area contributed by atoms with Crippen LogP contribution in [0.15, 0.2) is 54.6 Å². The Morgan fingerprint density at radius 1 is 1.06 bits per heavy atom. The van der Waals surface area contributed by atoms with E-state index >= 15 is 0 Å². The fourth-order valence-electron chi connectivity index (χ4n) is 1.79. The van der Waals surface area contributed by atoms with Crippen LogP contribution in [-0.2, 0) is 11.2 Å². The minimum Gasteiger partial charge on any atom is -0.427 e. The third-order valence-corrected chi connectivity index (χ3v) is 2.68. The molecule has 92 valence electrons. The van der Waals surface area contributed by atoms with Crippen molar-refractivity contribution in [2.75, 3.05) is 0 Å². The maximum atomic E-state index is 11.6. The van der Waals surface area contributed by atoms with Crippen LogP contribution < -0.4 is 4.74 Å². The van der Waals surface area contributed by atoms with Crippen molar-refractivity contribution in [1.82, 2.24) is 0 Å². The van der Waals surface area contributed by atoms with E-state index < -0.39 is 0 Å². The third kappa shape index (κ3) is 3.74. The van der Waals surface area contributed by atoms with E-state index in [2.05, 4.69) is 6.07 Å². The van der Waals surface area contributed by atoms with Crippen LogP contribution in [0.3, 0.4) is 0 Å². The Balaban J connectivity index is 1.85. The van der Waals surface area contributed by atoms with Crippen LogP contribution in [0.5, 0.6) is 5.75 Å². The van der Waals surface area contributed by atoms with Crippen molar-refractivity contribution >= 4 is 5.97 Å². The molecule has 0 atom stereocenters. The summed E-state index contributed by atoms with van der Waals surface area (Å²) in [5, 5.41) is 0. The predicted octanol–water partition coefficient (Wildman–Crippen LogP) is 3.53. The quantitative estimate of drug-likeness (QED) is 0.603. The van der Waals surface area contributed by atoms with Crippen LogP contribution in [0.25, 0.3) is 0 Å². The van der Waals surface area contributed by atoms with Crippen molar-refractivity contribution in [3.8, 4) is 5.75 Å². The summed E-state index contributed by atoms with van der Waals surface area (Å²) in [6.45, 7) is 2.05. The molecule has 0 saturated heterocycles. The average Bonchev–Trinajstić information content (AvgIpc) is 2.38. The molecule has 18 heavy (non-hydrogen) atoms. The minimum atomic E-state index is -0.192. The van der Waals surface area contributed by atoms with Gasteiger partial charge >= 0.3 is 5.97 Å². The zero-order valence-corrected chi connectivity index (χ0v) is 10.4. The Labute approximate surface area is 107 Å². The molecule has 0 spiro atoms. The lowest BCUT2D eigenvalue weighted by atomic mass is 10.1. The number of benzene rings is 2. The smallest absolute Gasteiger partial charge is 0.311 e. The summed E-state index contributed by atoms with van der Waals surface area (Å²) in [4.78, 5) is 11.6. The predicted molar refractivity (Wildman–Crippen MR) is 71.6 cm³/mol. The third-order valence-electron chi connectivity index (χ3n) is 2.68. The lowest BCUT2D eigenvalue weighted by Crippen LogP contribution is -2.08. The molecule has 0 aliphatic heterocycles.